The number of rotatable bonds is 7. The van der Waals surface area contributed by atoms with Gasteiger partial charge in [-0.15, -0.1) is 5.10 Å². The zero-order chi connectivity index (χ0) is 21.4. The number of aromatic nitrogens is 6. The van der Waals surface area contributed by atoms with Gasteiger partial charge in [0.2, 0.25) is 5.78 Å². The Morgan fingerprint density at radius 3 is 2.61 bits per heavy atom. The summed E-state index contributed by atoms with van der Waals surface area (Å²) in [5.74, 6) is 3.09. The molecule has 0 amide bonds. The minimum atomic E-state index is -0.111. The molecule has 1 aliphatic rings. The van der Waals surface area contributed by atoms with Gasteiger partial charge in [-0.25, -0.2) is 4.98 Å². The summed E-state index contributed by atoms with van der Waals surface area (Å²) in [6.07, 6.45) is 4.62. The maximum atomic E-state index is 13.0. The van der Waals surface area contributed by atoms with Crippen LogP contribution in [0.4, 0.5) is 0 Å². The Bertz CT molecular complexity index is 1260. The molecule has 1 saturated carbocycles. The molecule has 0 atom stereocenters. The van der Waals surface area contributed by atoms with E-state index in [2.05, 4.69) is 15.1 Å². The van der Waals surface area contributed by atoms with E-state index in [0.29, 0.717) is 41.8 Å². The van der Waals surface area contributed by atoms with Crippen LogP contribution in [0.25, 0.3) is 16.9 Å². The Morgan fingerprint density at radius 1 is 1.13 bits per heavy atom. The van der Waals surface area contributed by atoms with Crippen molar-refractivity contribution >= 4 is 16.9 Å². The summed E-state index contributed by atoms with van der Waals surface area (Å²) in [7, 11) is 1.64. The highest BCUT2D eigenvalue weighted by molar-refractivity contribution is 5.72. The molecular weight excluding hydrogens is 396 g/mol. The number of ether oxygens (including phenoxy) is 2. The third kappa shape index (κ3) is 3.59. The van der Waals surface area contributed by atoms with Crippen molar-refractivity contribution in [1.29, 1.82) is 0 Å². The average Bonchev–Trinajstić information content (AvgIpc) is 3.53. The number of hydrogen-bond donors (Lipinski definition) is 1. The lowest BCUT2D eigenvalue weighted by molar-refractivity contribution is 0.102. The molecule has 0 saturated heterocycles. The van der Waals surface area contributed by atoms with Gasteiger partial charge in [0, 0.05) is 12.5 Å². The summed E-state index contributed by atoms with van der Waals surface area (Å²) in [6.45, 7) is 3.10. The number of fused-ring (bicyclic) bond motifs is 3. The van der Waals surface area contributed by atoms with E-state index in [0.717, 1.165) is 30.0 Å². The van der Waals surface area contributed by atoms with Crippen molar-refractivity contribution in [3.05, 3.63) is 51.8 Å². The summed E-state index contributed by atoms with van der Waals surface area (Å²) in [5, 5.41) is 4.61. The molecule has 9 nitrogen and oxygen atoms in total. The van der Waals surface area contributed by atoms with Gasteiger partial charge in [-0.2, -0.15) is 9.50 Å². The van der Waals surface area contributed by atoms with Crippen LogP contribution in [0.5, 0.6) is 5.75 Å². The van der Waals surface area contributed by atoms with Gasteiger partial charge in [0.1, 0.15) is 18.2 Å². The number of methoxy groups -OCH3 is 1. The Hall–Kier alpha value is -3.20. The Kier molecular flexibility index (Phi) is 5.19. The molecular formula is C22H26N6O3. The maximum absolute atomic E-state index is 13.0. The molecule has 5 rings (SSSR count). The van der Waals surface area contributed by atoms with Gasteiger partial charge in [-0.1, -0.05) is 25.0 Å². The third-order valence-electron chi connectivity index (χ3n) is 5.96. The van der Waals surface area contributed by atoms with E-state index >= 15 is 0 Å². The lowest BCUT2D eigenvalue weighted by atomic mass is 10.1. The molecule has 1 aromatic carbocycles. The SMILES string of the molecule is CCn1c(=O)c2[nH]c(C3CCCC3)nc2n2nc(COCc3ccc(OC)cc3)nc12. The number of aromatic amines is 1. The van der Waals surface area contributed by atoms with Crippen LogP contribution in [0, 0.1) is 0 Å². The molecule has 162 valence electrons. The number of aryl methyl sites for hydroxylation is 1. The van der Waals surface area contributed by atoms with Crippen molar-refractivity contribution in [3.63, 3.8) is 0 Å². The van der Waals surface area contributed by atoms with E-state index in [1.165, 1.54) is 12.8 Å². The predicted octanol–water partition coefficient (Wildman–Crippen LogP) is 3.17. The normalized spacial score (nSPS) is 14.8. The zero-order valence-electron chi connectivity index (χ0n) is 17.8. The number of H-pyrrole nitrogens is 1. The molecule has 4 aromatic rings. The van der Waals surface area contributed by atoms with Crippen molar-refractivity contribution in [2.75, 3.05) is 7.11 Å². The molecule has 9 heteroatoms. The van der Waals surface area contributed by atoms with Gasteiger partial charge in [-0.3, -0.25) is 9.36 Å². The van der Waals surface area contributed by atoms with Crippen molar-refractivity contribution in [2.45, 2.75) is 58.3 Å². The summed E-state index contributed by atoms with van der Waals surface area (Å²) < 4.78 is 14.3. The van der Waals surface area contributed by atoms with Crippen LogP contribution in [-0.4, -0.2) is 36.2 Å². The van der Waals surface area contributed by atoms with E-state index in [1.807, 2.05) is 31.2 Å². The van der Waals surface area contributed by atoms with Crippen molar-refractivity contribution in [2.24, 2.45) is 0 Å². The number of nitrogens with zero attached hydrogens (tertiary/aromatic N) is 5. The molecule has 3 heterocycles. The number of nitrogens with one attached hydrogen (secondary N) is 1. The number of hydrogen-bond acceptors (Lipinski definition) is 6. The molecule has 0 radical (unpaired) electrons. The highest BCUT2D eigenvalue weighted by atomic mass is 16.5. The zero-order valence-corrected chi connectivity index (χ0v) is 17.8. The van der Waals surface area contributed by atoms with Crippen LogP contribution in [0.1, 0.15) is 55.7 Å². The Morgan fingerprint density at radius 2 is 1.90 bits per heavy atom. The summed E-state index contributed by atoms with van der Waals surface area (Å²) in [5.41, 5.74) is 1.96. The molecule has 1 fully saturated rings. The third-order valence-corrected chi connectivity index (χ3v) is 5.96. The maximum Gasteiger partial charge on any atom is 0.281 e. The first-order chi connectivity index (χ1) is 15.2. The molecule has 1 aliphatic carbocycles. The molecule has 1 N–H and O–H groups in total. The number of imidazole rings is 1. The van der Waals surface area contributed by atoms with Gasteiger partial charge in [-0.05, 0) is 37.5 Å². The van der Waals surface area contributed by atoms with Gasteiger partial charge in [0.25, 0.3) is 5.56 Å². The first kappa shape index (κ1) is 19.7. The quantitative estimate of drug-likeness (QED) is 0.491. The minimum Gasteiger partial charge on any atom is -0.497 e. The Labute approximate surface area is 179 Å². The van der Waals surface area contributed by atoms with E-state index in [1.54, 1.807) is 16.2 Å². The first-order valence-corrected chi connectivity index (χ1v) is 10.8. The van der Waals surface area contributed by atoms with E-state index in [-0.39, 0.29) is 12.2 Å². The predicted molar refractivity (Wildman–Crippen MR) is 115 cm³/mol. The smallest absolute Gasteiger partial charge is 0.281 e. The fourth-order valence-corrected chi connectivity index (χ4v) is 4.29. The number of benzene rings is 1. The lowest BCUT2D eigenvalue weighted by Gasteiger charge is -2.03. The fraction of sp³-hybridized carbons (Fsp3) is 0.455. The van der Waals surface area contributed by atoms with Gasteiger partial charge in [0.05, 0.1) is 13.7 Å². The molecule has 31 heavy (non-hydrogen) atoms. The van der Waals surface area contributed by atoms with E-state index in [9.17, 15) is 4.79 Å². The van der Waals surface area contributed by atoms with Gasteiger partial charge >= 0.3 is 0 Å². The average molecular weight is 422 g/mol. The second kappa shape index (κ2) is 8.14. The van der Waals surface area contributed by atoms with E-state index < -0.39 is 0 Å². The van der Waals surface area contributed by atoms with Gasteiger partial charge < -0.3 is 14.5 Å². The minimum absolute atomic E-state index is 0.111. The first-order valence-electron chi connectivity index (χ1n) is 10.8. The standard InChI is InChI=1S/C22H26N6O3/c1-3-27-21(29)18-20(25-19(24-18)15-6-4-5-7-15)28-22(27)23-17(26-28)13-31-12-14-8-10-16(30-2)11-9-14/h8-11,15H,3-7,12-13H2,1-2H3,(H,24,25). The fourth-order valence-electron chi connectivity index (χ4n) is 4.29. The molecule has 0 aliphatic heterocycles. The van der Waals surface area contributed by atoms with Crippen molar-refractivity contribution in [3.8, 4) is 5.75 Å². The van der Waals surface area contributed by atoms with Crippen LogP contribution >= 0.6 is 0 Å². The van der Waals surface area contributed by atoms with Crippen LogP contribution in [0.3, 0.4) is 0 Å². The van der Waals surface area contributed by atoms with Crippen LogP contribution < -0.4 is 10.3 Å². The van der Waals surface area contributed by atoms with Crippen molar-refractivity contribution < 1.29 is 9.47 Å². The van der Waals surface area contributed by atoms with E-state index in [4.69, 9.17) is 14.5 Å². The Balaban J connectivity index is 1.44. The summed E-state index contributed by atoms with van der Waals surface area (Å²) in [6, 6.07) is 7.72. The highest BCUT2D eigenvalue weighted by Crippen LogP contribution is 2.33. The molecule has 0 unspecified atom stereocenters. The highest BCUT2D eigenvalue weighted by Gasteiger charge is 2.24. The van der Waals surface area contributed by atoms with Crippen LogP contribution in [0.15, 0.2) is 29.1 Å². The lowest BCUT2D eigenvalue weighted by Crippen LogP contribution is -2.22. The van der Waals surface area contributed by atoms with Crippen LogP contribution in [0.2, 0.25) is 0 Å². The van der Waals surface area contributed by atoms with Gasteiger partial charge in [0.15, 0.2) is 17.0 Å². The van der Waals surface area contributed by atoms with Crippen molar-refractivity contribution in [1.82, 2.24) is 29.1 Å². The molecule has 0 bridgehead atoms. The largest absolute Gasteiger partial charge is 0.497 e. The monoisotopic (exact) mass is 422 g/mol. The second-order valence-electron chi connectivity index (χ2n) is 7.93. The summed E-state index contributed by atoms with van der Waals surface area (Å²) >= 11 is 0. The molecule has 0 spiro atoms. The topological polar surface area (TPSA) is 99.3 Å². The van der Waals surface area contributed by atoms with Crippen LogP contribution in [-0.2, 0) is 24.5 Å². The summed E-state index contributed by atoms with van der Waals surface area (Å²) in [4.78, 5) is 25.6. The molecule has 3 aromatic heterocycles. The second-order valence-corrected chi connectivity index (χ2v) is 7.93.